The van der Waals surface area contributed by atoms with Crippen molar-refractivity contribution in [3.8, 4) is 0 Å². The van der Waals surface area contributed by atoms with Crippen molar-refractivity contribution < 1.29 is 4.79 Å². The Morgan fingerprint density at radius 2 is 2.00 bits per heavy atom. The molecule has 1 aliphatic heterocycles. The fourth-order valence-electron chi connectivity index (χ4n) is 2.73. The van der Waals surface area contributed by atoms with Gasteiger partial charge in [-0.2, -0.15) is 0 Å². The van der Waals surface area contributed by atoms with Gasteiger partial charge in [-0.05, 0) is 32.4 Å². The number of rotatable bonds is 4. The summed E-state index contributed by atoms with van der Waals surface area (Å²) in [6.45, 7) is 12.4. The molecule has 0 unspecified atom stereocenters. The van der Waals surface area contributed by atoms with Crippen LogP contribution in [0.4, 0.5) is 5.82 Å². The number of nitrogens with zero attached hydrogens (tertiary/aromatic N) is 3. The molecule has 2 heterocycles. The number of aromatic nitrogens is 1. The summed E-state index contributed by atoms with van der Waals surface area (Å²) in [5.41, 5.74) is 1.36. The standard InChI is InChI=1S/C18H29N5O.HI/c1-13-7-8-14(21-11-13)22-15(24)9-10-20-16(19-6)23-12-17(2,3)18(23,4)5;/h7-8,11H,9-10,12H2,1-6H3,(H,19,20)(H,21,22,24);1H. The number of nitrogens with one attached hydrogen (secondary N) is 2. The first-order valence-electron chi connectivity index (χ1n) is 8.38. The molecule has 1 aromatic heterocycles. The molecule has 1 aromatic rings. The normalized spacial score (nSPS) is 18.0. The van der Waals surface area contributed by atoms with Gasteiger partial charge in [-0.15, -0.1) is 24.0 Å². The van der Waals surface area contributed by atoms with E-state index in [1.54, 1.807) is 13.2 Å². The first-order valence-corrected chi connectivity index (χ1v) is 8.38. The van der Waals surface area contributed by atoms with E-state index >= 15 is 0 Å². The van der Waals surface area contributed by atoms with Crippen molar-refractivity contribution in [2.75, 3.05) is 25.5 Å². The molecule has 1 aliphatic rings. The van der Waals surface area contributed by atoms with Crippen LogP contribution in [0.5, 0.6) is 0 Å². The Kier molecular flexibility index (Phi) is 7.22. The van der Waals surface area contributed by atoms with E-state index in [1.807, 2.05) is 19.1 Å². The molecular weight excluding hydrogens is 429 g/mol. The molecule has 0 atom stereocenters. The van der Waals surface area contributed by atoms with E-state index in [9.17, 15) is 4.79 Å². The topological polar surface area (TPSA) is 69.6 Å². The third-order valence-corrected chi connectivity index (χ3v) is 5.17. The van der Waals surface area contributed by atoms with Gasteiger partial charge in [0.2, 0.25) is 5.91 Å². The van der Waals surface area contributed by atoms with Gasteiger partial charge in [-0.25, -0.2) is 4.98 Å². The third-order valence-electron chi connectivity index (χ3n) is 5.17. The van der Waals surface area contributed by atoms with Gasteiger partial charge in [0.05, 0.1) is 0 Å². The predicted octanol–water partition coefficient (Wildman–Crippen LogP) is 3.03. The summed E-state index contributed by atoms with van der Waals surface area (Å²) < 4.78 is 0. The molecule has 25 heavy (non-hydrogen) atoms. The van der Waals surface area contributed by atoms with Crippen molar-refractivity contribution >= 4 is 41.7 Å². The van der Waals surface area contributed by atoms with Crippen LogP contribution >= 0.6 is 24.0 Å². The Hall–Kier alpha value is -1.38. The highest BCUT2D eigenvalue weighted by atomic mass is 127. The lowest BCUT2D eigenvalue weighted by atomic mass is 9.65. The van der Waals surface area contributed by atoms with Gasteiger partial charge < -0.3 is 15.5 Å². The number of amides is 1. The average molecular weight is 459 g/mol. The molecule has 140 valence electrons. The summed E-state index contributed by atoms with van der Waals surface area (Å²) in [6.07, 6.45) is 2.11. The minimum absolute atomic E-state index is 0. The molecule has 1 amide bonds. The third kappa shape index (κ3) is 4.83. The SMILES string of the molecule is CN=C(NCCC(=O)Nc1ccc(C)cn1)N1CC(C)(C)C1(C)C.I. The summed E-state index contributed by atoms with van der Waals surface area (Å²) in [4.78, 5) is 22.8. The van der Waals surface area contributed by atoms with Crippen molar-refractivity contribution in [2.45, 2.75) is 46.6 Å². The zero-order valence-electron chi connectivity index (χ0n) is 16.0. The van der Waals surface area contributed by atoms with Crippen molar-refractivity contribution in [1.82, 2.24) is 15.2 Å². The molecule has 0 aliphatic carbocycles. The van der Waals surface area contributed by atoms with E-state index < -0.39 is 0 Å². The highest BCUT2D eigenvalue weighted by Gasteiger charge is 2.53. The molecule has 0 spiro atoms. The van der Waals surface area contributed by atoms with Crippen LogP contribution in [-0.4, -0.2) is 47.4 Å². The van der Waals surface area contributed by atoms with Gasteiger partial charge in [0.1, 0.15) is 5.82 Å². The predicted molar refractivity (Wildman–Crippen MR) is 114 cm³/mol. The number of carbonyl (C=O) groups is 1. The van der Waals surface area contributed by atoms with Crippen molar-refractivity contribution in [1.29, 1.82) is 0 Å². The number of anilines is 1. The second-order valence-corrected chi connectivity index (χ2v) is 7.52. The van der Waals surface area contributed by atoms with Crippen molar-refractivity contribution in [2.24, 2.45) is 10.4 Å². The molecule has 0 aromatic carbocycles. The van der Waals surface area contributed by atoms with Gasteiger partial charge in [-0.3, -0.25) is 9.79 Å². The van der Waals surface area contributed by atoms with Crippen molar-refractivity contribution in [3.05, 3.63) is 23.9 Å². The zero-order chi connectivity index (χ0) is 18.0. The molecule has 6 nitrogen and oxygen atoms in total. The minimum atomic E-state index is -0.0579. The fraction of sp³-hybridized carbons (Fsp3) is 0.611. The Morgan fingerprint density at radius 1 is 1.32 bits per heavy atom. The number of guanidine groups is 1. The summed E-state index contributed by atoms with van der Waals surface area (Å²) in [5, 5.41) is 6.09. The Labute approximate surface area is 167 Å². The van der Waals surface area contributed by atoms with Gasteiger partial charge in [0, 0.05) is 43.7 Å². The summed E-state index contributed by atoms with van der Waals surface area (Å²) >= 11 is 0. The maximum Gasteiger partial charge on any atom is 0.227 e. The Morgan fingerprint density at radius 3 is 2.48 bits per heavy atom. The number of pyridine rings is 1. The fourth-order valence-corrected chi connectivity index (χ4v) is 2.73. The molecule has 0 radical (unpaired) electrons. The maximum absolute atomic E-state index is 12.0. The molecule has 2 N–H and O–H groups in total. The molecule has 7 heteroatoms. The van der Waals surface area contributed by atoms with Crippen LogP contribution in [0, 0.1) is 12.3 Å². The molecule has 2 rings (SSSR count). The Balaban J connectivity index is 0.00000312. The van der Waals surface area contributed by atoms with Crippen LogP contribution in [0.2, 0.25) is 0 Å². The number of aliphatic imine (C=N–C) groups is 1. The molecule has 1 saturated heterocycles. The largest absolute Gasteiger partial charge is 0.356 e. The number of carbonyl (C=O) groups excluding carboxylic acids is 1. The second kappa shape index (κ2) is 8.33. The monoisotopic (exact) mass is 459 g/mol. The summed E-state index contributed by atoms with van der Waals surface area (Å²) in [5.74, 6) is 1.37. The van der Waals surface area contributed by atoms with E-state index in [1.165, 1.54) is 0 Å². The number of aryl methyl sites for hydroxylation is 1. The van der Waals surface area contributed by atoms with Crippen LogP contribution in [0.1, 0.15) is 39.7 Å². The lowest BCUT2D eigenvalue weighted by Crippen LogP contribution is -2.72. The van der Waals surface area contributed by atoms with Crippen LogP contribution in [0.3, 0.4) is 0 Å². The number of halogens is 1. The molecule has 0 bridgehead atoms. The van der Waals surface area contributed by atoms with Crippen LogP contribution in [0.25, 0.3) is 0 Å². The lowest BCUT2D eigenvalue weighted by Gasteiger charge is -2.62. The van der Waals surface area contributed by atoms with Crippen molar-refractivity contribution in [3.63, 3.8) is 0 Å². The minimum Gasteiger partial charge on any atom is -0.356 e. The molecule has 0 saturated carbocycles. The van der Waals surface area contributed by atoms with Crippen LogP contribution < -0.4 is 10.6 Å². The summed E-state index contributed by atoms with van der Waals surface area (Å²) in [7, 11) is 1.78. The number of hydrogen-bond donors (Lipinski definition) is 2. The van der Waals surface area contributed by atoms with E-state index in [0.29, 0.717) is 18.8 Å². The molecular formula is C18H30IN5O. The second-order valence-electron chi connectivity index (χ2n) is 7.52. The van der Waals surface area contributed by atoms with E-state index in [4.69, 9.17) is 0 Å². The maximum atomic E-state index is 12.0. The highest BCUT2D eigenvalue weighted by molar-refractivity contribution is 14.0. The van der Waals surface area contributed by atoms with Gasteiger partial charge >= 0.3 is 0 Å². The van der Waals surface area contributed by atoms with Crippen LogP contribution in [-0.2, 0) is 4.79 Å². The highest BCUT2D eigenvalue weighted by Crippen LogP contribution is 2.46. The molecule has 1 fully saturated rings. The Bertz CT molecular complexity index is 625. The van der Waals surface area contributed by atoms with Gasteiger partial charge in [0.15, 0.2) is 5.96 Å². The smallest absolute Gasteiger partial charge is 0.227 e. The number of hydrogen-bond acceptors (Lipinski definition) is 3. The zero-order valence-corrected chi connectivity index (χ0v) is 18.3. The quantitative estimate of drug-likeness (QED) is 0.413. The lowest BCUT2D eigenvalue weighted by molar-refractivity contribution is -0.116. The number of likely N-dealkylation sites (tertiary alicyclic amines) is 1. The van der Waals surface area contributed by atoms with Gasteiger partial charge in [-0.1, -0.05) is 19.9 Å². The average Bonchev–Trinajstić information content (AvgIpc) is 2.52. The van der Waals surface area contributed by atoms with Gasteiger partial charge in [0.25, 0.3) is 0 Å². The van der Waals surface area contributed by atoms with Crippen LogP contribution in [0.15, 0.2) is 23.3 Å². The van der Waals surface area contributed by atoms with E-state index in [-0.39, 0.29) is 40.8 Å². The van der Waals surface area contributed by atoms with E-state index in [2.05, 4.69) is 53.2 Å². The summed E-state index contributed by atoms with van der Waals surface area (Å²) in [6, 6.07) is 3.74. The van der Waals surface area contributed by atoms with E-state index in [0.717, 1.165) is 18.1 Å². The first-order chi connectivity index (χ1) is 11.2. The first kappa shape index (κ1) is 21.7.